The van der Waals surface area contributed by atoms with Crippen molar-refractivity contribution in [3.05, 3.63) is 47.4 Å². The fourth-order valence-electron chi connectivity index (χ4n) is 2.46. The van der Waals surface area contributed by atoms with Gasteiger partial charge in [-0.25, -0.2) is 4.39 Å². The van der Waals surface area contributed by atoms with Crippen molar-refractivity contribution in [2.45, 2.75) is 44.6 Å². The zero-order valence-electron chi connectivity index (χ0n) is 13.3. The molecule has 0 saturated heterocycles. The molecule has 0 bridgehead atoms. The van der Waals surface area contributed by atoms with Gasteiger partial charge in [0.15, 0.2) is 5.82 Å². The summed E-state index contributed by atoms with van der Waals surface area (Å²) in [6.07, 6.45) is 2.56. The van der Waals surface area contributed by atoms with Gasteiger partial charge in [0, 0.05) is 19.4 Å². The average molecular weight is 317 g/mol. The third kappa shape index (κ3) is 3.94. The number of halogens is 1. The van der Waals surface area contributed by atoms with Crippen molar-refractivity contribution in [1.82, 2.24) is 15.0 Å². The van der Waals surface area contributed by atoms with Gasteiger partial charge in [0.2, 0.25) is 11.8 Å². The normalized spacial score (nSPS) is 15.4. The number of amides is 1. The summed E-state index contributed by atoms with van der Waals surface area (Å²) in [6.45, 7) is 2.30. The molecule has 0 spiro atoms. The minimum atomic E-state index is -0.270. The predicted molar refractivity (Wildman–Crippen MR) is 82.2 cm³/mol. The molecule has 1 fully saturated rings. The van der Waals surface area contributed by atoms with Gasteiger partial charge in [0.1, 0.15) is 5.82 Å². The lowest BCUT2D eigenvalue weighted by molar-refractivity contribution is -0.130. The van der Waals surface area contributed by atoms with E-state index in [4.69, 9.17) is 4.52 Å². The van der Waals surface area contributed by atoms with Gasteiger partial charge in [0.05, 0.1) is 6.54 Å². The van der Waals surface area contributed by atoms with Crippen molar-refractivity contribution in [3.63, 3.8) is 0 Å². The molecule has 0 N–H and O–H groups in total. The van der Waals surface area contributed by atoms with Crippen LogP contribution < -0.4 is 0 Å². The molecular formula is C17H20FN3O2. The van der Waals surface area contributed by atoms with Crippen LogP contribution in [0.2, 0.25) is 0 Å². The molecule has 0 unspecified atom stereocenters. The first kappa shape index (κ1) is 15.6. The third-order valence-corrected chi connectivity index (χ3v) is 4.13. The first-order valence-electron chi connectivity index (χ1n) is 7.85. The molecule has 5 nitrogen and oxygen atoms in total. The fraction of sp³-hybridized carbons (Fsp3) is 0.471. The Morgan fingerprint density at radius 3 is 2.74 bits per heavy atom. The first-order valence-corrected chi connectivity index (χ1v) is 7.85. The highest BCUT2D eigenvalue weighted by Gasteiger charge is 2.29. The topological polar surface area (TPSA) is 59.2 Å². The summed E-state index contributed by atoms with van der Waals surface area (Å²) in [4.78, 5) is 18.2. The van der Waals surface area contributed by atoms with Crippen LogP contribution in [0, 0.1) is 5.82 Å². The van der Waals surface area contributed by atoms with Crippen molar-refractivity contribution in [1.29, 1.82) is 0 Å². The van der Waals surface area contributed by atoms with E-state index < -0.39 is 0 Å². The summed E-state index contributed by atoms with van der Waals surface area (Å²) in [6, 6.07) is 6.26. The van der Waals surface area contributed by atoms with E-state index in [9.17, 15) is 9.18 Å². The minimum absolute atomic E-state index is 0.000373. The molecule has 1 aromatic carbocycles. The van der Waals surface area contributed by atoms with E-state index in [-0.39, 0.29) is 17.6 Å². The fourth-order valence-corrected chi connectivity index (χ4v) is 2.46. The molecule has 1 atom stereocenters. The molecular weight excluding hydrogens is 297 g/mol. The Morgan fingerprint density at radius 2 is 2.09 bits per heavy atom. The van der Waals surface area contributed by atoms with Crippen LogP contribution in [-0.4, -0.2) is 28.0 Å². The van der Waals surface area contributed by atoms with Gasteiger partial charge in [-0.15, -0.1) is 0 Å². The summed E-state index contributed by atoms with van der Waals surface area (Å²) in [7, 11) is 1.73. The lowest BCUT2D eigenvalue weighted by atomic mass is 9.97. The average Bonchev–Trinajstić information content (AvgIpc) is 3.28. The van der Waals surface area contributed by atoms with Crippen molar-refractivity contribution < 1.29 is 13.7 Å². The van der Waals surface area contributed by atoms with Crippen LogP contribution in [0.25, 0.3) is 0 Å². The van der Waals surface area contributed by atoms with E-state index in [1.165, 1.54) is 12.1 Å². The SMILES string of the molecule is C[C@H](CC(=O)N(C)Cc1noc(C2CC2)n1)c1ccc(F)cc1. The van der Waals surface area contributed by atoms with Crippen molar-refractivity contribution >= 4 is 5.91 Å². The molecule has 1 amide bonds. The maximum Gasteiger partial charge on any atom is 0.229 e. The van der Waals surface area contributed by atoms with E-state index >= 15 is 0 Å². The Bertz CT molecular complexity index is 679. The summed E-state index contributed by atoms with van der Waals surface area (Å²) in [5.74, 6) is 1.39. The van der Waals surface area contributed by atoms with Crippen LogP contribution >= 0.6 is 0 Å². The largest absolute Gasteiger partial charge is 0.339 e. The second kappa shape index (κ2) is 6.48. The first-order chi connectivity index (χ1) is 11.0. The van der Waals surface area contributed by atoms with Gasteiger partial charge < -0.3 is 9.42 Å². The predicted octanol–water partition coefficient (Wildman–Crippen LogP) is 3.24. The van der Waals surface area contributed by atoms with Crippen LogP contribution in [0.5, 0.6) is 0 Å². The maximum atomic E-state index is 12.9. The number of nitrogens with zero attached hydrogens (tertiary/aromatic N) is 3. The Morgan fingerprint density at radius 1 is 1.39 bits per heavy atom. The highest BCUT2D eigenvalue weighted by atomic mass is 19.1. The monoisotopic (exact) mass is 317 g/mol. The molecule has 2 aromatic rings. The van der Waals surface area contributed by atoms with Crippen LogP contribution in [0.1, 0.15) is 55.3 Å². The Balaban J connectivity index is 1.54. The number of carbonyl (C=O) groups excluding carboxylic acids is 1. The molecule has 1 aliphatic carbocycles. The molecule has 1 saturated carbocycles. The van der Waals surface area contributed by atoms with E-state index in [1.54, 1.807) is 24.1 Å². The van der Waals surface area contributed by atoms with Crippen LogP contribution in [-0.2, 0) is 11.3 Å². The molecule has 6 heteroatoms. The Kier molecular flexibility index (Phi) is 4.41. The van der Waals surface area contributed by atoms with Gasteiger partial charge in [-0.05, 0) is 36.5 Å². The Labute approximate surface area is 134 Å². The second-order valence-corrected chi connectivity index (χ2v) is 6.23. The standard InChI is InChI=1S/C17H20FN3O2/c1-11(12-5-7-14(18)8-6-12)9-16(22)21(2)10-15-19-17(23-20-15)13-3-4-13/h5-8,11,13H,3-4,9-10H2,1-2H3/t11-/m1/s1. The third-order valence-electron chi connectivity index (χ3n) is 4.13. The van der Waals surface area contributed by atoms with E-state index in [0.717, 1.165) is 18.4 Å². The van der Waals surface area contributed by atoms with E-state index in [2.05, 4.69) is 10.1 Å². The molecule has 0 aliphatic heterocycles. The zero-order valence-corrected chi connectivity index (χ0v) is 13.3. The van der Waals surface area contributed by atoms with E-state index in [1.807, 2.05) is 6.92 Å². The molecule has 23 heavy (non-hydrogen) atoms. The second-order valence-electron chi connectivity index (χ2n) is 6.23. The molecule has 0 radical (unpaired) electrons. The van der Waals surface area contributed by atoms with Gasteiger partial charge in [-0.3, -0.25) is 4.79 Å². The highest BCUT2D eigenvalue weighted by Crippen LogP contribution is 2.38. The number of aromatic nitrogens is 2. The van der Waals surface area contributed by atoms with Crippen LogP contribution in [0.4, 0.5) is 4.39 Å². The lowest BCUT2D eigenvalue weighted by Crippen LogP contribution is -2.27. The number of carbonyl (C=O) groups is 1. The Hall–Kier alpha value is -2.24. The molecule has 122 valence electrons. The maximum absolute atomic E-state index is 12.9. The smallest absolute Gasteiger partial charge is 0.229 e. The number of hydrogen-bond donors (Lipinski definition) is 0. The number of rotatable bonds is 6. The summed E-state index contributed by atoms with van der Waals surface area (Å²) in [5, 5.41) is 3.93. The van der Waals surface area contributed by atoms with Gasteiger partial charge >= 0.3 is 0 Å². The van der Waals surface area contributed by atoms with Crippen LogP contribution in [0.3, 0.4) is 0 Å². The lowest BCUT2D eigenvalue weighted by Gasteiger charge is -2.18. The highest BCUT2D eigenvalue weighted by molar-refractivity contribution is 5.76. The number of hydrogen-bond acceptors (Lipinski definition) is 4. The molecule has 1 aromatic heterocycles. The minimum Gasteiger partial charge on any atom is -0.339 e. The number of benzene rings is 1. The van der Waals surface area contributed by atoms with Gasteiger partial charge in [0.25, 0.3) is 0 Å². The quantitative estimate of drug-likeness (QED) is 0.820. The summed E-state index contributed by atoms with van der Waals surface area (Å²) < 4.78 is 18.1. The molecule has 1 heterocycles. The van der Waals surface area contributed by atoms with Crippen molar-refractivity contribution in [3.8, 4) is 0 Å². The van der Waals surface area contributed by atoms with Gasteiger partial charge in [-0.2, -0.15) is 4.98 Å². The van der Waals surface area contributed by atoms with Crippen molar-refractivity contribution in [2.75, 3.05) is 7.05 Å². The molecule has 3 rings (SSSR count). The zero-order chi connectivity index (χ0) is 16.4. The van der Waals surface area contributed by atoms with Crippen LogP contribution in [0.15, 0.2) is 28.8 Å². The van der Waals surface area contributed by atoms with E-state index in [0.29, 0.717) is 30.6 Å². The van der Waals surface area contributed by atoms with Gasteiger partial charge in [-0.1, -0.05) is 24.2 Å². The summed E-state index contributed by atoms with van der Waals surface area (Å²) in [5.41, 5.74) is 0.948. The summed E-state index contributed by atoms with van der Waals surface area (Å²) >= 11 is 0. The van der Waals surface area contributed by atoms with Crippen molar-refractivity contribution in [2.24, 2.45) is 0 Å². The molecule has 1 aliphatic rings.